The summed E-state index contributed by atoms with van der Waals surface area (Å²) in [6, 6.07) is 1.69. The van der Waals surface area contributed by atoms with Gasteiger partial charge in [0.2, 0.25) is 0 Å². The van der Waals surface area contributed by atoms with Crippen LogP contribution in [0.4, 0.5) is 0 Å². The smallest absolute Gasteiger partial charge is 0.275 e. The Labute approximate surface area is 141 Å². The van der Waals surface area contributed by atoms with Crippen LogP contribution in [0.2, 0.25) is 0 Å². The van der Waals surface area contributed by atoms with E-state index in [1.807, 2.05) is 25.1 Å². The second kappa shape index (κ2) is 6.05. The Hall–Kier alpha value is -2.15. The zero-order chi connectivity index (χ0) is 16.7. The van der Waals surface area contributed by atoms with Crippen molar-refractivity contribution in [2.45, 2.75) is 39.0 Å². The number of aryl methyl sites for hydroxylation is 1. The lowest BCUT2D eigenvalue weighted by Gasteiger charge is -2.34. The average Bonchev–Trinajstić information content (AvgIpc) is 3.14. The molecule has 1 aliphatic carbocycles. The third-order valence-electron chi connectivity index (χ3n) is 4.87. The Kier molecular flexibility index (Phi) is 3.88. The molecule has 0 N–H and O–H groups in total. The summed E-state index contributed by atoms with van der Waals surface area (Å²) in [6.45, 7) is 4.88. The van der Waals surface area contributed by atoms with Crippen molar-refractivity contribution in [1.82, 2.24) is 24.2 Å². The van der Waals surface area contributed by atoms with E-state index in [9.17, 15) is 4.79 Å². The van der Waals surface area contributed by atoms with E-state index in [-0.39, 0.29) is 11.9 Å². The monoisotopic (exact) mass is 329 g/mol. The van der Waals surface area contributed by atoms with Crippen molar-refractivity contribution < 1.29 is 9.53 Å². The minimum Gasteiger partial charge on any atom is -0.375 e. The molecule has 1 fully saturated rings. The van der Waals surface area contributed by atoms with Crippen LogP contribution in [0, 0.1) is 5.92 Å². The number of carbonyl (C=O) groups is 1. The minimum absolute atomic E-state index is 0.0381. The highest BCUT2D eigenvalue weighted by atomic mass is 16.5. The van der Waals surface area contributed by atoms with Gasteiger partial charge in [-0.25, -0.2) is 4.98 Å². The molecule has 0 radical (unpaired) electrons. The Bertz CT molecular complexity index is 746. The van der Waals surface area contributed by atoms with Crippen LogP contribution in [-0.2, 0) is 24.9 Å². The zero-order valence-electron chi connectivity index (χ0n) is 14.2. The fourth-order valence-electron chi connectivity index (χ4n) is 3.24. The Morgan fingerprint density at radius 3 is 2.92 bits per heavy atom. The van der Waals surface area contributed by atoms with E-state index in [2.05, 4.69) is 14.6 Å². The van der Waals surface area contributed by atoms with Crippen LogP contribution in [0.3, 0.4) is 0 Å². The Morgan fingerprint density at radius 2 is 2.21 bits per heavy atom. The van der Waals surface area contributed by atoms with Gasteiger partial charge in [-0.2, -0.15) is 5.10 Å². The van der Waals surface area contributed by atoms with Gasteiger partial charge in [0.25, 0.3) is 5.91 Å². The van der Waals surface area contributed by atoms with Gasteiger partial charge in [0.1, 0.15) is 11.5 Å². The highest BCUT2D eigenvalue weighted by molar-refractivity contribution is 5.92. The predicted octanol–water partition coefficient (Wildman–Crippen LogP) is 1.76. The maximum atomic E-state index is 12.7. The van der Waals surface area contributed by atoms with Gasteiger partial charge >= 0.3 is 0 Å². The molecule has 2 aromatic heterocycles. The summed E-state index contributed by atoms with van der Waals surface area (Å²) in [7, 11) is 1.82. The van der Waals surface area contributed by atoms with Crippen molar-refractivity contribution in [1.29, 1.82) is 0 Å². The molecule has 0 unspecified atom stereocenters. The summed E-state index contributed by atoms with van der Waals surface area (Å²) >= 11 is 0. The number of rotatable bonds is 5. The van der Waals surface area contributed by atoms with Crippen LogP contribution in [0.25, 0.3) is 0 Å². The van der Waals surface area contributed by atoms with E-state index >= 15 is 0 Å². The van der Waals surface area contributed by atoms with Crippen LogP contribution in [0.1, 0.15) is 47.8 Å². The van der Waals surface area contributed by atoms with E-state index in [1.54, 1.807) is 16.9 Å². The van der Waals surface area contributed by atoms with Crippen molar-refractivity contribution in [3.63, 3.8) is 0 Å². The molecule has 24 heavy (non-hydrogen) atoms. The summed E-state index contributed by atoms with van der Waals surface area (Å²) < 4.78 is 9.64. The van der Waals surface area contributed by atoms with Crippen LogP contribution in [-0.4, -0.2) is 43.3 Å². The SMILES string of the molecule is C[C@@H]1c2ncc(COCC3CC3)n2CCN1C(=O)c1ccn(C)n1. The number of hydrogen-bond acceptors (Lipinski definition) is 4. The summed E-state index contributed by atoms with van der Waals surface area (Å²) in [5, 5.41) is 4.22. The summed E-state index contributed by atoms with van der Waals surface area (Å²) in [4.78, 5) is 19.1. The number of aromatic nitrogens is 4. The molecule has 1 saturated carbocycles. The van der Waals surface area contributed by atoms with E-state index in [1.165, 1.54) is 12.8 Å². The van der Waals surface area contributed by atoms with Crippen molar-refractivity contribution in [3.8, 4) is 0 Å². The maximum Gasteiger partial charge on any atom is 0.275 e. The highest BCUT2D eigenvalue weighted by Crippen LogP contribution is 2.30. The largest absolute Gasteiger partial charge is 0.375 e. The van der Waals surface area contributed by atoms with Crippen LogP contribution < -0.4 is 0 Å². The number of hydrogen-bond donors (Lipinski definition) is 0. The van der Waals surface area contributed by atoms with Crippen molar-refractivity contribution in [3.05, 3.63) is 35.7 Å². The number of fused-ring (bicyclic) bond motifs is 1. The van der Waals surface area contributed by atoms with Crippen LogP contribution >= 0.6 is 0 Å². The number of imidazole rings is 1. The molecule has 7 heteroatoms. The van der Waals surface area contributed by atoms with Crippen molar-refractivity contribution >= 4 is 5.91 Å². The molecule has 0 saturated heterocycles. The van der Waals surface area contributed by atoms with Crippen LogP contribution in [0.15, 0.2) is 18.5 Å². The van der Waals surface area contributed by atoms with E-state index < -0.39 is 0 Å². The molecule has 2 aromatic rings. The number of amides is 1. The van der Waals surface area contributed by atoms with Gasteiger partial charge in [-0.1, -0.05) is 0 Å². The molecule has 2 aliphatic rings. The molecule has 1 amide bonds. The molecule has 0 aromatic carbocycles. The molecule has 0 spiro atoms. The third kappa shape index (κ3) is 2.84. The average molecular weight is 329 g/mol. The van der Waals surface area contributed by atoms with Gasteiger partial charge < -0.3 is 14.2 Å². The first kappa shape index (κ1) is 15.4. The van der Waals surface area contributed by atoms with Crippen molar-refractivity contribution in [2.24, 2.45) is 13.0 Å². The predicted molar refractivity (Wildman–Crippen MR) is 87.3 cm³/mol. The summed E-state index contributed by atoms with van der Waals surface area (Å²) in [5.74, 6) is 1.65. The van der Waals surface area contributed by atoms with E-state index in [0.29, 0.717) is 18.8 Å². The maximum absolute atomic E-state index is 12.7. The zero-order valence-corrected chi connectivity index (χ0v) is 14.2. The standard InChI is InChI=1S/C17H23N5O2/c1-12-16-18-9-14(11-24-10-13-3-4-13)22(16)8-7-21(12)17(23)15-5-6-20(2)19-15/h5-6,9,12-13H,3-4,7-8,10-11H2,1-2H3/t12-/m1/s1. The highest BCUT2D eigenvalue weighted by Gasteiger charge is 2.31. The first-order chi connectivity index (χ1) is 11.6. The van der Waals surface area contributed by atoms with Gasteiger partial charge in [-0.15, -0.1) is 0 Å². The lowest BCUT2D eigenvalue weighted by atomic mass is 10.2. The summed E-state index contributed by atoms with van der Waals surface area (Å²) in [5.41, 5.74) is 1.58. The van der Waals surface area contributed by atoms with Crippen LogP contribution in [0.5, 0.6) is 0 Å². The van der Waals surface area contributed by atoms with Gasteiger partial charge in [-0.05, 0) is 31.7 Å². The lowest BCUT2D eigenvalue weighted by Crippen LogP contribution is -2.41. The van der Waals surface area contributed by atoms with Gasteiger partial charge in [0, 0.05) is 32.9 Å². The molecule has 4 rings (SSSR count). The molecular weight excluding hydrogens is 306 g/mol. The van der Waals surface area contributed by atoms with Crippen molar-refractivity contribution in [2.75, 3.05) is 13.2 Å². The quantitative estimate of drug-likeness (QED) is 0.838. The van der Waals surface area contributed by atoms with E-state index in [4.69, 9.17) is 4.74 Å². The summed E-state index contributed by atoms with van der Waals surface area (Å²) in [6.07, 6.45) is 6.27. The lowest BCUT2D eigenvalue weighted by molar-refractivity contribution is 0.0620. The van der Waals surface area contributed by atoms with Gasteiger partial charge in [-0.3, -0.25) is 9.48 Å². The Morgan fingerprint density at radius 1 is 1.38 bits per heavy atom. The fourth-order valence-corrected chi connectivity index (χ4v) is 3.24. The normalized spacial score (nSPS) is 20.2. The topological polar surface area (TPSA) is 65.2 Å². The molecule has 0 bridgehead atoms. The molecule has 3 heterocycles. The first-order valence-electron chi connectivity index (χ1n) is 8.56. The number of nitrogens with zero attached hydrogens (tertiary/aromatic N) is 5. The second-order valence-electron chi connectivity index (χ2n) is 6.77. The molecular formula is C17H23N5O2. The first-order valence-corrected chi connectivity index (χ1v) is 8.56. The molecule has 128 valence electrons. The van der Waals surface area contributed by atoms with Gasteiger partial charge in [0.15, 0.2) is 0 Å². The fraction of sp³-hybridized carbons (Fsp3) is 0.588. The Balaban J connectivity index is 1.47. The number of carbonyl (C=O) groups excluding carboxylic acids is 1. The minimum atomic E-state index is -0.0644. The number of ether oxygens (including phenoxy) is 1. The van der Waals surface area contributed by atoms with Gasteiger partial charge in [0.05, 0.1) is 24.5 Å². The third-order valence-corrected chi connectivity index (χ3v) is 4.87. The molecule has 1 aliphatic heterocycles. The van der Waals surface area contributed by atoms with E-state index in [0.717, 1.165) is 30.6 Å². The molecule has 1 atom stereocenters. The second-order valence-corrected chi connectivity index (χ2v) is 6.77. The molecule has 7 nitrogen and oxygen atoms in total.